The van der Waals surface area contributed by atoms with E-state index in [1.54, 1.807) is 26.0 Å². The smallest absolute Gasteiger partial charge is 0.257 e. The van der Waals surface area contributed by atoms with Gasteiger partial charge in [0.15, 0.2) is 5.82 Å². The Morgan fingerprint density at radius 3 is 2.49 bits per heavy atom. The van der Waals surface area contributed by atoms with Crippen LogP contribution in [0.15, 0.2) is 47.4 Å². The minimum atomic E-state index is -4.26. The molecular weight excluding hydrogens is 476 g/mol. The number of carbonyl (C=O) groups excluding carboxylic acids is 1. The van der Waals surface area contributed by atoms with Crippen molar-refractivity contribution in [2.75, 3.05) is 5.32 Å². The van der Waals surface area contributed by atoms with Crippen LogP contribution in [0.2, 0.25) is 0 Å². The molecule has 8 nitrogen and oxygen atoms in total. The molecule has 11 heteroatoms. The number of carbonyl (C=O) groups is 1. The van der Waals surface area contributed by atoms with Crippen LogP contribution in [0.5, 0.6) is 0 Å². The average molecular weight is 504 g/mol. The van der Waals surface area contributed by atoms with Gasteiger partial charge in [-0.05, 0) is 37.6 Å². The van der Waals surface area contributed by atoms with Crippen molar-refractivity contribution in [1.82, 2.24) is 19.8 Å². The van der Waals surface area contributed by atoms with Crippen molar-refractivity contribution in [1.29, 1.82) is 0 Å². The summed E-state index contributed by atoms with van der Waals surface area (Å²) in [6, 6.07) is 9.59. The first-order chi connectivity index (χ1) is 16.4. The van der Waals surface area contributed by atoms with Crippen LogP contribution in [0.4, 0.5) is 14.6 Å². The highest BCUT2D eigenvalue weighted by Gasteiger charge is 2.48. The number of nitrogens with one attached hydrogen (secondary N) is 3. The highest BCUT2D eigenvalue weighted by molar-refractivity contribution is 7.89. The van der Waals surface area contributed by atoms with E-state index in [4.69, 9.17) is 0 Å². The van der Waals surface area contributed by atoms with Crippen LogP contribution in [0.3, 0.4) is 0 Å². The SMILES string of the molecule is CC(C)NCc1ccccc1C(=O)Nc1n[nH]c2c1CN(S(=O)(=O)c1cc(F)cc(F)c1)C2(C)C. The molecule has 1 aliphatic rings. The second kappa shape index (κ2) is 9.14. The number of aromatic amines is 1. The summed E-state index contributed by atoms with van der Waals surface area (Å²) in [5.74, 6) is -2.15. The molecule has 0 radical (unpaired) electrons. The summed E-state index contributed by atoms with van der Waals surface area (Å²) in [6.45, 7) is 7.70. The summed E-state index contributed by atoms with van der Waals surface area (Å²) in [5, 5.41) is 13.1. The number of halogens is 2. The number of hydrogen-bond donors (Lipinski definition) is 3. The largest absolute Gasteiger partial charge is 0.310 e. The van der Waals surface area contributed by atoms with Gasteiger partial charge < -0.3 is 10.6 Å². The van der Waals surface area contributed by atoms with E-state index in [-0.39, 0.29) is 24.3 Å². The number of anilines is 1. The topological polar surface area (TPSA) is 107 Å². The molecule has 0 bridgehead atoms. The number of sulfonamides is 1. The Kier molecular flexibility index (Phi) is 6.52. The molecule has 1 aliphatic heterocycles. The minimum absolute atomic E-state index is 0.133. The van der Waals surface area contributed by atoms with Crippen molar-refractivity contribution < 1.29 is 22.0 Å². The fourth-order valence-corrected chi connectivity index (χ4v) is 5.94. The predicted octanol–water partition coefficient (Wildman–Crippen LogP) is 3.88. The van der Waals surface area contributed by atoms with Crippen molar-refractivity contribution in [2.45, 2.75) is 57.3 Å². The first-order valence-corrected chi connectivity index (χ1v) is 12.5. The zero-order chi connectivity index (χ0) is 25.5. The summed E-state index contributed by atoms with van der Waals surface area (Å²) < 4.78 is 55.3. The number of benzene rings is 2. The molecule has 4 rings (SSSR count). The summed E-state index contributed by atoms with van der Waals surface area (Å²) in [4.78, 5) is 12.6. The van der Waals surface area contributed by atoms with Crippen LogP contribution in [0.25, 0.3) is 0 Å². The Labute approximate surface area is 202 Å². The average Bonchev–Trinajstić information content (AvgIpc) is 3.30. The Morgan fingerprint density at radius 1 is 1.17 bits per heavy atom. The molecule has 1 aromatic heterocycles. The van der Waals surface area contributed by atoms with Crippen molar-refractivity contribution in [2.24, 2.45) is 0 Å². The third-order valence-corrected chi connectivity index (χ3v) is 8.02. The second-order valence-electron chi connectivity index (χ2n) is 9.25. The minimum Gasteiger partial charge on any atom is -0.310 e. The third kappa shape index (κ3) is 4.71. The molecule has 2 aromatic carbocycles. The number of rotatable bonds is 7. The summed E-state index contributed by atoms with van der Waals surface area (Å²) in [6.07, 6.45) is 0. The fourth-order valence-electron chi connectivity index (χ4n) is 4.17. The third-order valence-electron chi connectivity index (χ3n) is 6.02. The Morgan fingerprint density at radius 2 is 1.83 bits per heavy atom. The van der Waals surface area contributed by atoms with Crippen molar-refractivity contribution in [3.8, 4) is 0 Å². The number of aromatic nitrogens is 2. The molecule has 186 valence electrons. The molecular formula is C24H27F2N5O3S. The van der Waals surface area contributed by atoms with Crippen LogP contribution in [-0.4, -0.2) is 34.9 Å². The lowest BCUT2D eigenvalue weighted by Gasteiger charge is -2.30. The van der Waals surface area contributed by atoms with Crippen LogP contribution in [0.1, 0.15) is 54.9 Å². The number of hydrogen-bond acceptors (Lipinski definition) is 5. The van der Waals surface area contributed by atoms with Gasteiger partial charge in [0.25, 0.3) is 5.91 Å². The Balaban J connectivity index is 1.62. The van der Waals surface area contributed by atoms with Gasteiger partial charge in [-0.1, -0.05) is 32.0 Å². The molecule has 0 aliphatic carbocycles. The molecule has 0 fully saturated rings. The number of H-pyrrole nitrogens is 1. The summed E-state index contributed by atoms with van der Waals surface area (Å²) in [7, 11) is -4.26. The van der Waals surface area contributed by atoms with Gasteiger partial charge in [0.2, 0.25) is 10.0 Å². The number of nitrogens with zero attached hydrogens (tertiary/aromatic N) is 2. The van der Waals surface area contributed by atoms with Crippen LogP contribution in [-0.2, 0) is 28.7 Å². The van der Waals surface area contributed by atoms with Gasteiger partial charge in [-0.25, -0.2) is 17.2 Å². The molecule has 0 atom stereocenters. The lowest BCUT2D eigenvalue weighted by Crippen LogP contribution is -2.40. The zero-order valence-corrected chi connectivity index (χ0v) is 20.6. The predicted molar refractivity (Wildman–Crippen MR) is 127 cm³/mol. The van der Waals surface area contributed by atoms with E-state index in [9.17, 15) is 22.0 Å². The van der Waals surface area contributed by atoms with E-state index in [1.165, 1.54) is 0 Å². The maximum Gasteiger partial charge on any atom is 0.257 e. The lowest BCUT2D eigenvalue weighted by molar-refractivity contribution is 0.102. The zero-order valence-electron chi connectivity index (χ0n) is 19.8. The lowest BCUT2D eigenvalue weighted by atomic mass is 10.0. The number of fused-ring (bicyclic) bond motifs is 1. The van der Waals surface area contributed by atoms with Crippen LogP contribution >= 0.6 is 0 Å². The van der Waals surface area contributed by atoms with E-state index in [1.807, 2.05) is 26.0 Å². The molecule has 0 saturated heterocycles. The van der Waals surface area contributed by atoms with Gasteiger partial charge >= 0.3 is 0 Å². The first kappa shape index (κ1) is 25.0. The maximum absolute atomic E-state index is 13.8. The first-order valence-electron chi connectivity index (χ1n) is 11.1. The van der Waals surface area contributed by atoms with E-state index in [2.05, 4.69) is 20.8 Å². The molecule has 0 spiro atoms. The highest BCUT2D eigenvalue weighted by Crippen LogP contribution is 2.43. The van der Waals surface area contributed by atoms with Gasteiger partial charge in [-0.2, -0.15) is 9.40 Å². The van der Waals surface area contributed by atoms with E-state index < -0.39 is 32.1 Å². The molecule has 2 heterocycles. The van der Waals surface area contributed by atoms with Gasteiger partial charge in [0.1, 0.15) is 11.6 Å². The number of amides is 1. The fraction of sp³-hybridized carbons (Fsp3) is 0.333. The quantitative estimate of drug-likeness (QED) is 0.454. The Hall–Kier alpha value is -3.15. The molecule has 0 unspecified atom stereocenters. The molecule has 1 amide bonds. The van der Waals surface area contributed by atoms with Gasteiger partial charge in [0, 0.05) is 36.3 Å². The summed E-state index contributed by atoms with van der Waals surface area (Å²) in [5.41, 5.74) is 1.15. The second-order valence-corrected chi connectivity index (χ2v) is 11.1. The molecule has 35 heavy (non-hydrogen) atoms. The maximum atomic E-state index is 13.8. The normalized spacial score (nSPS) is 15.4. The van der Waals surface area contributed by atoms with E-state index >= 15 is 0 Å². The van der Waals surface area contributed by atoms with Crippen LogP contribution in [0, 0.1) is 11.6 Å². The molecule has 0 saturated carbocycles. The van der Waals surface area contributed by atoms with Crippen molar-refractivity contribution in [3.63, 3.8) is 0 Å². The van der Waals surface area contributed by atoms with Crippen LogP contribution < -0.4 is 10.6 Å². The monoisotopic (exact) mass is 503 g/mol. The van der Waals surface area contributed by atoms with Crippen molar-refractivity contribution >= 4 is 21.7 Å². The van der Waals surface area contributed by atoms with Gasteiger partial charge in [-0.15, -0.1) is 0 Å². The van der Waals surface area contributed by atoms with Crippen molar-refractivity contribution in [3.05, 3.63) is 76.5 Å². The highest BCUT2D eigenvalue weighted by atomic mass is 32.2. The Bertz CT molecular complexity index is 1370. The van der Waals surface area contributed by atoms with Gasteiger partial charge in [-0.3, -0.25) is 9.89 Å². The van der Waals surface area contributed by atoms with E-state index in [0.29, 0.717) is 29.4 Å². The standard InChI is InChI=1S/C24H27F2N5O3S/c1-14(2)27-12-15-7-5-6-8-19(15)23(32)28-22-20-13-31(24(3,4)21(20)29-30-22)35(33,34)18-10-16(25)9-17(26)11-18/h5-11,14,27H,12-13H2,1-4H3,(H2,28,29,30,32). The molecule has 3 N–H and O–H groups in total. The van der Waals surface area contributed by atoms with Gasteiger partial charge in [0.05, 0.1) is 16.1 Å². The van der Waals surface area contributed by atoms with E-state index in [0.717, 1.165) is 22.0 Å². The summed E-state index contributed by atoms with van der Waals surface area (Å²) >= 11 is 0. The molecule has 3 aromatic rings.